The lowest BCUT2D eigenvalue weighted by molar-refractivity contribution is -0.137. The number of hydrogen-bond acceptors (Lipinski definition) is 5. The highest BCUT2D eigenvalue weighted by Gasteiger charge is 2.34. The quantitative estimate of drug-likeness (QED) is 0.589. The molecule has 0 aliphatic heterocycles. The summed E-state index contributed by atoms with van der Waals surface area (Å²) in [5, 5.41) is 1.88. The van der Waals surface area contributed by atoms with Gasteiger partial charge in [0.1, 0.15) is 0 Å². The Morgan fingerprint density at radius 3 is 2.45 bits per heavy atom. The molecule has 0 spiro atoms. The van der Waals surface area contributed by atoms with Gasteiger partial charge >= 0.3 is 12.1 Å². The minimum absolute atomic E-state index is 0.138. The van der Waals surface area contributed by atoms with E-state index in [1.807, 2.05) is 0 Å². The number of sulfonamides is 1. The first kappa shape index (κ1) is 24.6. The van der Waals surface area contributed by atoms with Crippen molar-refractivity contribution >= 4 is 39.2 Å². The van der Waals surface area contributed by atoms with Gasteiger partial charge < -0.3 is 10.1 Å². The van der Waals surface area contributed by atoms with Crippen LogP contribution in [0.15, 0.2) is 47.4 Å². The number of benzene rings is 2. The first-order valence-corrected chi connectivity index (χ1v) is 10.7. The summed E-state index contributed by atoms with van der Waals surface area (Å²) >= 11 is 5.59. The van der Waals surface area contributed by atoms with E-state index in [0.717, 1.165) is 19.1 Å². The third kappa shape index (κ3) is 6.42. The van der Waals surface area contributed by atoms with Crippen LogP contribution in [0.5, 0.6) is 0 Å². The second kappa shape index (κ2) is 9.67. The van der Waals surface area contributed by atoms with E-state index in [2.05, 4.69) is 10.0 Å². The zero-order valence-electron chi connectivity index (χ0n) is 16.3. The fourth-order valence-corrected chi connectivity index (χ4v) is 3.70. The van der Waals surface area contributed by atoms with E-state index in [1.165, 1.54) is 24.3 Å². The van der Waals surface area contributed by atoms with Crippen molar-refractivity contribution in [2.75, 3.05) is 11.9 Å². The molecule has 2 aromatic carbocycles. The Morgan fingerprint density at radius 1 is 1.16 bits per heavy atom. The summed E-state index contributed by atoms with van der Waals surface area (Å²) in [5.41, 5.74) is -1.86. The van der Waals surface area contributed by atoms with Crippen molar-refractivity contribution in [1.82, 2.24) is 4.72 Å². The van der Waals surface area contributed by atoms with Gasteiger partial charge in [0, 0.05) is 11.6 Å². The van der Waals surface area contributed by atoms with Crippen LogP contribution in [0.4, 0.5) is 18.9 Å². The molecule has 7 nitrogen and oxygen atoms in total. The number of alkyl halides is 3. The van der Waals surface area contributed by atoms with Gasteiger partial charge in [0.2, 0.25) is 10.0 Å². The van der Waals surface area contributed by atoms with E-state index in [0.29, 0.717) is 6.07 Å². The molecule has 0 aromatic heterocycles. The normalized spacial score (nSPS) is 12.8. The summed E-state index contributed by atoms with van der Waals surface area (Å²) in [6, 6.07) is 7.72. The highest BCUT2D eigenvalue weighted by molar-refractivity contribution is 7.89. The molecule has 2 aromatic rings. The average Bonchev–Trinajstić information content (AvgIpc) is 2.68. The predicted molar refractivity (Wildman–Crippen MR) is 107 cm³/mol. The summed E-state index contributed by atoms with van der Waals surface area (Å²) in [6.45, 7) is 2.88. The molecule has 0 radical (unpaired) electrons. The van der Waals surface area contributed by atoms with E-state index < -0.39 is 45.4 Å². The van der Waals surface area contributed by atoms with Gasteiger partial charge in [0.15, 0.2) is 6.10 Å². The zero-order valence-corrected chi connectivity index (χ0v) is 17.9. The molecular weight excluding hydrogens is 461 g/mol. The summed E-state index contributed by atoms with van der Waals surface area (Å²) in [5.74, 6) is -2.04. The average molecular weight is 479 g/mol. The molecular formula is C19H18ClF3N2O5S. The Balaban J connectivity index is 2.15. The number of carbonyl (C=O) groups excluding carboxylic acids is 2. The molecule has 0 aliphatic carbocycles. The topological polar surface area (TPSA) is 102 Å². The third-order valence-electron chi connectivity index (χ3n) is 3.91. The van der Waals surface area contributed by atoms with Crippen molar-refractivity contribution in [1.29, 1.82) is 0 Å². The van der Waals surface area contributed by atoms with E-state index in [4.69, 9.17) is 16.3 Å². The summed E-state index contributed by atoms with van der Waals surface area (Å²) in [6.07, 6.45) is -6.25. The van der Waals surface area contributed by atoms with Gasteiger partial charge in [-0.2, -0.15) is 13.2 Å². The number of esters is 1. The SMILES string of the molecule is CCNS(=O)(=O)c1cccc(C(=O)OC(C)C(=O)Nc2ccc(Cl)cc2C(F)(F)F)c1. The lowest BCUT2D eigenvalue weighted by atomic mass is 10.1. The maximum Gasteiger partial charge on any atom is 0.418 e. The smallest absolute Gasteiger partial charge is 0.418 e. The number of amides is 1. The Kier molecular flexibility index (Phi) is 7.68. The first-order chi connectivity index (χ1) is 14.3. The Labute approximate surface area is 181 Å². The Morgan fingerprint density at radius 2 is 1.84 bits per heavy atom. The van der Waals surface area contributed by atoms with Crippen LogP contribution in [0.3, 0.4) is 0 Å². The second-order valence-electron chi connectivity index (χ2n) is 6.25. The number of carbonyl (C=O) groups is 2. The van der Waals surface area contributed by atoms with E-state index in [9.17, 15) is 31.2 Å². The molecule has 2 N–H and O–H groups in total. The van der Waals surface area contributed by atoms with E-state index in [1.54, 1.807) is 6.92 Å². The molecule has 168 valence electrons. The van der Waals surface area contributed by atoms with Crippen LogP contribution in [-0.2, 0) is 25.7 Å². The molecule has 2 rings (SSSR count). The number of halogens is 4. The monoisotopic (exact) mass is 478 g/mol. The molecule has 0 bridgehead atoms. The van der Waals surface area contributed by atoms with Crippen LogP contribution in [0.2, 0.25) is 5.02 Å². The van der Waals surface area contributed by atoms with Crippen LogP contribution in [0, 0.1) is 0 Å². The number of hydrogen-bond donors (Lipinski definition) is 2. The van der Waals surface area contributed by atoms with Crippen molar-refractivity contribution in [3.8, 4) is 0 Å². The first-order valence-electron chi connectivity index (χ1n) is 8.83. The molecule has 0 aliphatic rings. The summed E-state index contributed by atoms with van der Waals surface area (Å²) < 4.78 is 70.8. The molecule has 0 saturated heterocycles. The minimum atomic E-state index is -4.77. The van der Waals surface area contributed by atoms with Crippen LogP contribution in [0.1, 0.15) is 29.8 Å². The van der Waals surface area contributed by atoms with Gasteiger partial charge in [-0.15, -0.1) is 0 Å². The summed E-state index contributed by atoms with van der Waals surface area (Å²) in [4.78, 5) is 24.4. The van der Waals surface area contributed by atoms with Gasteiger partial charge in [0.05, 0.1) is 21.7 Å². The van der Waals surface area contributed by atoms with E-state index in [-0.39, 0.29) is 22.0 Å². The summed E-state index contributed by atoms with van der Waals surface area (Å²) in [7, 11) is -3.83. The zero-order chi connectivity index (χ0) is 23.4. The molecule has 1 atom stereocenters. The Hall–Kier alpha value is -2.63. The van der Waals surface area contributed by atoms with Gasteiger partial charge in [-0.25, -0.2) is 17.9 Å². The van der Waals surface area contributed by atoms with E-state index >= 15 is 0 Å². The highest BCUT2D eigenvalue weighted by atomic mass is 35.5. The lowest BCUT2D eigenvalue weighted by Gasteiger charge is -2.17. The van der Waals surface area contributed by atoms with Gasteiger partial charge in [-0.05, 0) is 43.3 Å². The van der Waals surface area contributed by atoms with Crippen molar-refractivity contribution in [2.45, 2.75) is 31.0 Å². The largest absolute Gasteiger partial charge is 0.449 e. The molecule has 0 fully saturated rings. The van der Waals surface area contributed by atoms with Crippen molar-refractivity contribution < 1.29 is 35.9 Å². The third-order valence-corrected chi connectivity index (χ3v) is 5.69. The molecule has 1 amide bonds. The van der Waals surface area contributed by atoms with Gasteiger partial charge in [0.25, 0.3) is 5.91 Å². The molecule has 12 heteroatoms. The van der Waals surface area contributed by atoms with Crippen molar-refractivity contribution in [3.05, 3.63) is 58.6 Å². The number of ether oxygens (including phenoxy) is 1. The van der Waals surface area contributed by atoms with Crippen molar-refractivity contribution in [2.24, 2.45) is 0 Å². The minimum Gasteiger partial charge on any atom is -0.449 e. The molecule has 1 unspecified atom stereocenters. The molecule has 0 saturated carbocycles. The van der Waals surface area contributed by atoms with Crippen LogP contribution >= 0.6 is 11.6 Å². The van der Waals surface area contributed by atoms with Gasteiger partial charge in [-0.1, -0.05) is 24.6 Å². The lowest BCUT2D eigenvalue weighted by Crippen LogP contribution is -2.31. The maximum atomic E-state index is 13.2. The number of rotatable bonds is 7. The van der Waals surface area contributed by atoms with Crippen LogP contribution in [-0.4, -0.2) is 32.9 Å². The van der Waals surface area contributed by atoms with Crippen LogP contribution < -0.4 is 10.0 Å². The number of nitrogens with one attached hydrogen (secondary N) is 2. The maximum absolute atomic E-state index is 13.2. The molecule has 31 heavy (non-hydrogen) atoms. The number of anilines is 1. The highest BCUT2D eigenvalue weighted by Crippen LogP contribution is 2.36. The second-order valence-corrected chi connectivity index (χ2v) is 8.46. The molecule has 0 heterocycles. The fourth-order valence-electron chi connectivity index (χ4n) is 2.44. The fraction of sp³-hybridized carbons (Fsp3) is 0.263. The van der Waals surface area contributed by atoms with Crippen LogP contribution in [0.25, 0.3) is 0 Å². The van der Waals surface area contributed by atoms with Crippen molar-refractivity contribution in [3.63, 3.8) is 0 Å². The van der Waals surface area contributed by atoms with Gasteiger partial charge in [-0.3, -0.25) is 4.79 Å². The Bertz CT molecular complexity index is 1090. The standard InChI is InChI=1S/C19H18ClF3N2O5S/c1-3-24-31(28,29)14-6-4-5-12(9-14)18(27)30-11(2)17(26)25-16-8-7-13(20)10-15(16)19(21,22)23/h4-11,24H,3H2,1-2H3,(H,25,26). The predicted octanol–water partition coefficient (Wildman–Crippen LogP) is 3.84.